The summed E-state index contributed by atoms with van der Waals surface area (Å²) in [5.74, 6) is 1.94. The van der Waals surface area contributed by atoms with Crippen LogP contribution < -0.4 is 10.6 Å². The number of aliphatic imine (C=N–C) groups is 1. The van der Waals surface area contributed by atoms with Crippen molar-refractivity contribution in [2.24, 2.45) is 4.99 Å². The Kier molecular flexibility index (Phi) is 6.81. The van der Waals surface area contributed by atoms with E-state index in [1.54, 1.807) is 11.3 Å². The van der Waals surface area contributed by atoms with Gasteiger partial charge in [-0.05, 0) is 31.4 Å². The maximum atomic E-state index is 5.35. The Balaban J connectivity index is 1.48. The molecule has 2 N–H and O–H groups in total. The van der Waals surface area contributed by atoms with E-state index in [1.807, 2.05) is 12.1 Å². The summed E-state index contributed by atoms with van der Waals surface area (Å²) in [5.41, 5.74) is 2.06. The van der Waals surface area contributed by atoms with Crippen LogP contribution in [-0.4, -0.2) is 29.2 Å². The van der Waals surface area contributed by atoms with E-state index in [1.165, 1.54) is 9.71 Å². The highest BCUT2D eigenvalue weighted by Gasteiger charge is 2.08. The molecule has 0 unspecified atom stereocenters. The lowest BCUT2D eigenvalue weighted by Crippen LogP contribution is -2.37. The van der Waals surface area contributed by atoms with Crippen LogP contribution in [0, 0.1) is 0 Å². The molecule has 1 aromatic carbocycles. The zero-order valence-electron chi connectivity index (χ0n) is 16.2. The van der Waals surface area contributed by atoms with E-state index in [9.17, 15) is 0 Å². The van der Waals surface area contributed by atoms with Crippen LogP contribution >= 0.6 is 11.3 Å². The standard InChI is InChI=1S/C20H27N5OS/c1-4-21-20(23-13-15-12-17(14(2)3)25-26-15)22-11-7-10-19-24-16-8-5-6-9-18(16)27-19/h5-6,8-9,12,14H,4,7,10-11,13H2,1-3H3,(H2,21,22,23). The second-order valence-electron chi connectivity index (χ2n) is 6.67. The van der Waals surface area contributed by atoms with Crippen molar-refractivity contribution in [1.29, 1.82) is 0 Å². The minimum absolute atomic E-state index is 0.361. The number of rotatable bonds is 8. The monoisotopic (exact) mass is 385 g/mol. The minimum Gasteiger partial charge on any atom is -0.359 e. The first-order valence-electron chi connectivity index (χ1n) is 9.47. The zero-order valence-corrected chi connectivity index (χ0v) is 17.0. The van der Waals surface area contributed by atoms with Gasteiger partial charge in [-0.3, -0.25) is 0 Å². The van der Waals surface area contributed by atoms with Crippen LogP contribution in [0.3, 0.4) is 0 Å². The van der Waals surface area contributed by atoms with Crippen LogP contribution in [0.5, 0.6) is 0 Å². The highest BCUT2D eigenvalue weighted by Crippen LogP contribution is 2.22. The van der Waals surface area contributed by atoms with Crippen LogP contribution in [0.4, 0.5) is 0 Å². The number of benzene rings is 1. The smallest absolute Gasteiger partial charge is 0.191 e. The molecule has 0 fully saturated rings. The van der Waals surface area contributed by atoms with Gasteiger partial charge in [-0.15, -0.1) is 11.3 Å². The third kappa shape index (κ3) is 5.53. The fourth-order valence-electron chi connectivity index (χ4n) is 2.65. The number of hydrogen-bond donors (Lipinski definition) is 2. The van der Waals surface area contributed by atoms with E-state index in [0.717, 1.165) is 48.9 Å². The van der Waals surface area contributed by atoms with Crippen LogP contribution in [-0.2, 0) is 13.0 Å². The van der Waals surface area contributed by atoms with Gasteiger partial charge < -0.3 is 15.2 Å². The summed E-state index contributed by atoms with van der Waals surface area (Å²) >= 11 is 1.77. The van der Waals surface area contributed by atoms with Crippen molar-refractivity contribution in [3.63, 3.8) is 0 Å². The summed E-state index contributed by atoms with van der Waals surface area (Å²) in [6.45, 7) is 8.40. The van der Waals surface area contributed by atoms with Gasteiger partial charge in [-0.1, -0.05) is 31.1 Å². The van der Waals surface area contributed by atoms with Crippen molar-refractivity contribution < 1.29 is 4.52 Å². The molecule has 0 amide bonds. The molecule has 0 aliphatic carbocycles. The minimum atomic E-state index is 0.361. The van der Waals surface area contributed by atoms with Crippen LogP contribution in [0.1, 0.15) is 49.6 Å². The van der Waals surface area contributed by atoms with Gasteiger partial charge in [0.05, 0.1) is 20.9 Å². The lowest BCUT2D eigenvalue weighted by molar-refractivity contribution is 0.376. The van der Waals surface area contributed by atoms with Crippen molar-refractivity contribution in [2.45, 2.75) is 46.1 Å². The number of aryl methyl sites for hydroxylation is 1. The highest BCUT2D eigenvalue weighted by molar-refractivity contribution is 7.18. The lowest BCUT2D eigenvalue weighted by atomic mass is 10.1. The molecule has 0 radical (unpaired) electrons. The van der Waals surface area contributed by atoms with Gasteiger partial charge in [-0.25, -0.2) is 9.98 Å². The number of guanidine groups is 1. The van der Waals surface area contributed by atoms with E-state index >= 15 is 0 Å². The van der Waals surface area contributed by atoms with E-state index in [0.29, 0.717) is 12.5 Å². The molecule has 144 valence electrons. The van der Waals surface area contributed by atoms with E-state index in [4.69, 9.17) is 4.52 Å². The van der Waals surface area contributed by atoms with Crippen LogP contribution in [0.2, 0.25) is 0 Å². The van der Waals surface area contributed by atoms with Crippen molar-refractivity contribution >= 4 is 27.5 Å². The van der Waals surface area contributed by atoms with E-state index in [-0.39, 0.29) is 0 Å². The van der Waals surface area contributed by atoms with Crippen molar-refractivity contribution in [2.75, 3.05) is 13.1 Å². The predicted octanol–water partition coefficient (Wildman–Crippen LogP) is 4.10. The number of thiazole rings is 1. The van der Waals surface area contributed by atoms with Gasteiger partial charge in [0.1, 0.15) is 6.54 Å². The topological polar surface area (TPSA) is 75.3 Å². The predicted molar refractivity (Wildman–Crippen MR) is 111 cm³/mol. The van der Waals surface area contributed by atoms with E-state index in [2.05, 4.69) is 64.7 Å². The first-order valence-corrected chi connectivity index (χ1v) is 10.3. The van der Waals surface area contributed by atoms with Crippen LogP contribution in [0.25, 0.3) is 10.2 Å². The van der Waals surface area contributed by atoms with Gasteiger partial charge in [0.15, 0.2) is 11.7 Å². The zero-order chi connectivity index (χ0) is 19.1. The number of nitrogens with zero attached hydrogens (tertiary/aromatic N) is 3. The molecule has 0 spiro atoms. The van der Waals surface area contributed by atoms with Gasteiger partial charge in [0.25, 0.3) is 0 Å². The fourth-order valence-corrected chi connectivity index (χ4v) is 3.66. The fraction of sp³-hybridized carbons (Fsp3) is 0.450. The largest absolute Gasteiger partial charge is 0.359 e. The van der Waals surface area contributed by atoms with Gasteiger partial charge in [0, 0.05) is 25.6 Å². The molecule has 0 bridgehead atoms. The third-order valence-corrected chi connectivity index (χ3v) is 5.20. The maximum absolute atomic E-state index is 5.35. The average Bonchev–Trinajstić information content (AvgIpc) is 3.29. The summed E-state index contributed by atoms with van der Waals surface area (Å²) in [5, 5.41) is 11.9. The van der Waals surface area contributed by atoms with Crippen molar-refractivity contribution in [3.8, 4) is 0 Å². The van der Waals surface area contributed by atoms with Crippen molar-refractivity contribution in [3.05, 3.63) is 46.8 Å². The first-order chi connectivity index (χ1) is 13.2. The molecule has 0 aliphatic heterocycles. The summed E-state index contributed by atoms with van der Waals surface area (Å²) in [7, 11) is 0. The quantitative estimate of drug-likeness (QED) is 0.347. The highest BCUT2D eigenvalue weighted by atomic mass is 32.1. The number of aromatic nitrogens is 2. The molecule has 0 atom stereocenters. The van der Waals surface area contributed by atoms with Gasteiger partial charge in [0.2, 0.25) is 0 Å². The molecule has 0 saturated heterocycles. The lowest BCUT2D eigenvalue weighted by Gasteiger charge is -2.10. The third-order valence-electron chi connectivity index (χ3n) is 4.10. The summed E-state index contributed by atoms with van der Waals surface area (Å²) in [6, 6.07) is 10.3. The Labute approximate surface area is 164 Å². The molecule has 3 aromatic rings. The average molecular weight is 386 g/mol. The number of hydrogen-bond acceptors (Lipinski definition) is 5. The normalized spacial score (nSPS) is 12.1. The molecule has 0 saturated carbocycles. The molecular weight excluding hydrogens is 358 g/mol. The maximum Gasteiger partial charge on any atom is 0.191 e. The SMILES string of the molecule is CCNC(=NCc1cc(C(C)C)no1)NCCCc1nc2ccccc2s1. The molecular formula is C20H27N5OS. The number of nitrogens with one attached hydrogen (secondary N) is 2. The summed E-state index contributed by atoms with van der Waals surface area (Å²) < 4.78 is 6.60. The summed E-state index contributed by atoms with van der Waals surface area (Å²) in [6.07, 6.45) is 1.97. The second-order valence-corrected chi connectivity index (χ2v) is 7.79. The molecule has 2 aromatic heterocycles. The van der Waals surface area contributed by atoms with Gasteiger partial charge in [-0.2, -0.15) is 0 Å². The Morgan fingerprint density at radius 1 is 1.26 bits per heavy atom. The Hall–Kier alpha value is -2.41. The Morgan fingerprint density at radius 2 is 2.11 bits per heavy atom. The molecule has 27 heavy (non-hydrogen) atoms. The molecule has 3 rings (SSSR count). The molecule has 0 aliphatic rings. The Bertz CT molecular complexity index is 850. The van der Waals surface area contributed by atoms with E-state index < -0.39 is 0 Å². The first kappa shape index (κ1) is 19.4. The molecule has 7 heteroatoms. The molecule has 2 heterocycles. The van der Waals surface area contributed by atoms with Gasteiger partial charge >= 0.3 is 0 Å². The Morgan fingerprint density at radius 3 is 2.85 bits per heavy atom. The number of fused-ring (bicyclic) bond motifs is 1. The number of para-hydroxylation sites is 1. The second kappa shape index (κ2) is 9.50. The van der Waals surface area contributed by atoms with Crippen LogP contribution in [0.15, 0.2) is 39.8 Å². The molecule has 6 nitrogen and oxygen atoms in total. The summed E-state index contributed by atoms with van der Waals surface area (Å²) in [4.78, 5) is 9.27. The van der Waals surface area contributed by atoms with Crippen molar-refractivity contribution in [1.82, 2.24) is 20.8 Å².